The summed E-state index contributed by atoms with van der Waals surface area (Å²) in [5.41, 5.74) is 0. The van der Waals surface area contributed by atoms with E-state index in [0.717, 1.165) is 6.07 Å². The number of piperidine rings is 1. The third-order valence-corrected chi connectivity index (χ3v) is 5.22. The Morgan fingerprint density at radius 1 is 1.28 bits per heavy atom. The monoisotopic (exact) mass is 273 g/mol. The fraction of sp³-hybridized carbons (Fsp3) is 0.500. The maximum Gasteiger partial charge on any atom is 0.245 e. The Morgan fingerprint density at radius 3 is 2.44 bits per heavy atom. The molecule has 6 heteroatoms. The van der Waals surface area contributed by atoms with Crippen LogP contribution in [0.25, 0.3) is 0 Å². The molecule has 0 radical (unpaired) electrons. The molecule has 0 aromatic heterocycles. The molecule has 0 amide bonds. The summed E-state index contributed by atoms with van der Waals surface area (Å²) in [6.45, 7) is 0.747. The van der Waals surface area contributed by atoms with Crippen molar-refractivity contribution >= 4 is 10.0 Å². The predicted octanol–water partition coefficient (Wildman–Crippen LogP) is 1.22. The topological polar surface area (TPSA) is 57.6 Å². The summed E-state index contributed by atoms with van der Waals surface area (Å²) in [6, 6.07) is 5.40. The molecular weight excluding hydrogens is 257 g/mol. The van der Waals surface area contributed by atoms with Crippen molar-refractivity contribution in [2.24, 2.45) is 5.92 Å². The maximum absolute atomic E-state index is 13.5. The van der Waals surface area contributed by atoms with E-state index in [2.05, 4.69) is 0 Å². The van der Waals surface area contributed by atoms with Crippen LogP contribution in [-0.2, 0) is 10.0 Å². The van der Waals surface area contributed by atoms with Crippen molar-refractivity contribution in [1.29, 1.82) is 0 Å². The number of hydrogen-bond acceptors (Lipinski definition) is 3. The number of rotatable bonds is 3. The van der Waals surface area contributed by atoms with E-state index in [1.807, 2.05) is 0 Å². The van der Waals surface area contributed by atoms with Gasteiger partial charge in [0.1, 0.15) is 10.7 Å². The van der Waals surface area contributed by atoms with Gasteiger partial charge in [-0.25, -0.2) is 12.8 Å². The largest absolute Gasteiger partial charge is 0.396 e. The lowest BCUT2D eigenvalue weighted by atomic mass is 10.00. The van der Waals surface area contributed by atoms with Crippen LogP contribution in [0.15, 0.2) is 29.2 Å². The second-order valence-electron chi connectivity index (χ2n) is 4.46. The summed E-state index contributed by atoms with van der Waals surface area (Å²) >= 11 is 0. The molecule has 18 heavy (non-hydrogen) atoms. The standard InChI is InChI=1S/C12H16FNO3S/c13-11-3-1-2-4-12(11)18(16,17)14-7-5-10(9-15)6-8-14/h1-4,10,15H,5-9H2. The molecule has 0 unspecified atom stereocenters. The molecule has 1 aliphatic rings. The smallest absolute Gasteiger partial charge is 0.245 e. The van der Waals surface area contributed by atoms with Gasteiger partial charge >= 0.3 is 0 Å². The molecule has 4 nitrogen and oxygen atoms in total. The van der Waals surface area contributed by atoms with E-state index >= 15 is 0 Å². The Labute approximate surface area is 106 Å². The van der Waals surface area contributed by atoms with E-state index in [4.69, 9.17) is 5.11 Å². The first-order chi connectivity index (χ1) is 8.55. The van der Waals surface area contributed by atoms with E-state index in [1.165, 1.54) is 22.5 Å². The van der Waals surface area contributed by atoms with E-state index in [-0.39, 0.29) is 17.4 Å². The summed E-state index contributed by atoms with van der Waals surface area (Å²) in [6.07, 6.45) is 1.23. The molecule has 1 aromatic carbocycles. The molecule has 0 bridgehead atoms. The quantitative estimate of drug-likeness (QED) is 0.901. The lowest BCUT2D eigenvalue weighted by molar-refractivity contribution is 0.170. The van der Waals surface area contributed by atoms with Gasteiger partial charge in [0.15, 0.2) is 0 Å². The van der Waals surface area contributed by atoms with Crippen molar-refractivity contribution in [3.05, 3.63) is 30.1 Å². The Bertz CT molecular complexity index is 510. The molecule has 0 spiro atoms. The van der Waals surface area contributed by atoms with Crippen LogP contribution in [0.3, 0.4) is 0 Å². The fourth-order valence-corrected chi connectivity index (χ4v) is 3.66. The molecule has 0 saturated carbocycles. The molecule has 1 saturated heterocycles. The van der Waals surface area contributed by atoms with Gasteiger partial charge in [0.05, 0.1) is 0 Å². The number of benzene rings is 1. The Hall–Kier alpha value is -0.980. The maximum atomic E-state index is 13.5. The highest BCUT2D eigenvalue weighted by atomic mass is 32.2. The van der Waals surface area contributed by atoms with Crippen molar-refractivity contribution < 1.29 is 17.9 Å². The highest BCUT2D eigenvalue weighted by Crippen LogP contribution is 2.24. The summed E-state index contributed by atoms with van der Waals surface area (Å²) < 4.78 is 39.3. The van der Waals surface area contributed by atoms with Crippen molar-refractivity contribution in [3.63, 3.8) is 0 Å². The Kier molecular flexibility index (Phi) is 3.99. The first-order valence-corrected chi connectivity index (χ1v) is 7.35. The summed E-state index contributed by atoms with van der Waals surface area (Å²) in [7, 11) is -3.75. The van der Waals surface area contributed by atoms with Crippen LogP contribution in [-0.4, -0.2) is 37.5 Å². The zero-order valence-corrected chi connectivity index (χ0v) is 10.7. The van der Waals surface area contributed by atoms with E-state index in [9.17, 15) is 12.8 Å². The third-order valence-electron chi connectivity index (χ3n) is 3.29. The van der Waals surface area contributed by atoms with Crippen LogP contribution in [0.2, 0.25) is 0 Å². The number of nitrogens with zero attached hydrogens (tertiary/aromatic N) is 1. The van der Waals surface area contributed by atoms with Gasteiger partial charge in [-0.1, -0.05) is 12.1 Å². The van der Waals surface area contributed by atoms with Crippen LogP contribution in [0, 0.1) is 11.7 Å². The Morgan fingerprint density at radius 2 is 1.89 bits per heavy atom. The highest BCUT2D eigenvalue weighted by Gasteiger charge is 2.30. The van der Waals surface area contributed by atoms with Crippen molar-refractivity contribution in [3.8, 4) is 0 Å². The average molecular weight is 273 g/mol. The van der Waals surface area contributed by atoms with Crippen molar-refractivity contribution in [2.75, 3.05) is 19.7 Å². The zero-order chi connectivity index (χ0) is 13.2. The molecule has 0 aliphatic carbocycles. The van der Waals surface area contributed by atoms with Gasteiger partial charge in [-0.3, -0.25) is 0 Å². The van der Waals surface area contributed by atoms with Crippen LogP contribution in [0.1, 0.15) is 12.8 Å². The first-order valence-electron chi connectivity index (χ1n) is 5.91. The second kappa shape index (κ2) is 5.34. The molecule has 1 N–H and O–H groups in total. The molecule has 0 atom stereocenters. The molecule has 2 rings (SSSR count). The molecule has 1 aliphatic heterocycles. The Balaban J connectivity index is 2.20. The van der Waals surface area contributed by atoms with Crippen LogP contribution in [0.4, 0.5) is 4.39 Å². The van der Waals surface area contributed by atoms with Gasteiger partial charge < -0.3 is 5.11 Å². The van der Waals surface area contributed by atoms with Gasteiger partial charge in [0, 0.05) is 19.7 Å². The molecule has 1 aromatic rings. The van der Waals surface area contributed by atoms with Gasteiger partial charge in [-0.05, 0) is 30.9 Å². The minimum atomic E-state index is -3.75. The lowest BCUT2D eigenvalue weighted by Crippen LogP contribution is -2.39. The molecule has 100 valence electrons. The molecule has 1 fully saturated rings. The lowest BCUT2D eigenvalue weighted by Gasteiger charge is -2.30. The summed E-state index contributed by atoms with van der Waals surface area (Å²) in [5, 5.41) is 9.01. The van der Waals surface area contributed by atoms with Crippen LogP contribution in [0.5, 0.6) is 0 Å². The summed E-state index contributed by atoms with van der Waals surface area (Å²) in [4.78, 5) is -0.271. The van der Waals surface area contributed by atoms with Gasteiger partial charge in [-0.15, -0.1) is 0 Å². The predicted molar refractivity (Wildman–Crippen MR) is 65.0 cm³/mol. The number of halogens is 1. The summed E-state index contributed by atoms with van der Waals surface area (Å²) in [5.74, 6) is -0.571. The minimum absolute atomic E-state index is 0.0770. The fourth-order valence-electron chi connectivity index (χ4n) is 2.13. The number of hydrogen-bond donors (Lipinski definition) is 1. The third kappa shape index (κ3) is 2.55. The van der Waals surface area contributed by atoms with E-state index in [0.29, 0.717) is 25.9 Å². The highest BCUT2D eigenvalue weighted by molar-refractivity contribution is 7.89. The number of sulfonamides is 1. The van der Waals surface area contributed by atoms with Crippen LogP contribution >= 0.6 is 0 Å². The van der Waals surface area contributed by atoms with Crippen molar-refractivity contribution in [1.82, 2.24) is 4.31 Å². The zero-order valence-electron chi connectivity index (χ0n) is 9.92. The molecule has 1 heterocycles. The first kappa shape index (κ1) is 13.5. The number of aliphatic hydroxyl groups excluding tert-OH is 1. The van der Waals surface area contributed by atoms with E-state index in [1.54, 1.807) is 0 Å². The number of aliphatic hydroxyl groups is 1. The van der Waals surface area contributed by atoms with Gasteiger partial charge in [-0.2, -0.15) is 4.31 Å². The minimum Gasteiger partial charge on any atom is -0.396 e. The van der Waals surface area contributed by atoms with E-state index < -0.39 is 15.8 Å². The van der Waals surface area contributed by atoms with Crippen molar-refractivity contribution in [2.45, 2.75) is 17.7 Å². The second-order valence-corrected chi connectivity index (χ2v) is 6.37. The van der Waals surface area contributed by atoms with Crippen LogP contribution < -0.4 is 0 Å². The van der Waals surface area contributed by atoms with Gasteiger partial charge in [0.25, 0.3) is 0 Å². The van der Waals surface area contributed by atoms with Gasteiger partial charge in [0.2, 0.25) is 10.0 Å². The SMILES string of the molecule is O=S(=O)(c1ccccc1F)N1CCC(CO)CC1. The molecular formula is C12H16FNO3S. The average Bonchev–Trinajstić information content (AvgIpc) is 2.39. The normalized spacial score (nSPS) is 19.0.